The first kappa shape index (κ1) is 25.4. The molecule has 0 bridgehead atoms. The number of aliphatic hydroxyl groups excluding tert-OH is 2. The van der Waals surface area contributed by atoms with Gasteiger partial charge < -0.3 is 31.1 Å². The van der Waals surface area contributed by atoms with E-state index in [0.29, 0.717) is 11.3 Å². The Morgan fingerprint density at radius 2 is 1.72 bits per heavy atom. The van der Waals surface area contributed by atoms with Gasteiger partial charge in [-0.25, -0.2) is 0 Å². The van der Waals surface area contributed by atoms with Gasteiger partial charge in [0.15, 0.2) is 17.2 Å². The summed E-state index contributed by atoms with van der Waals surface area (Å²) in [5.74, 6) is -7.77. The molecule has 1 amide bonds. The van der Waals surface area contributed by atoms with Gasteiger partial charge in [0.05, 0.1) is 17.2 Å². The van der Waals surface area contributed by atoms with Crippen LogP contribution in [0.4, 0.5) is 5.69 Å². The Balaban J connectivity index is 2.03. The number of benzene rings is 1. The Kier molecular flexibility index (Phi) is 5.76. The Morgan fingerprint density at radius 1 is 1.11 bits per heavy atom. The van der Waals surface area contributed by atoms with Crippen molar-refractivity contribution in [1.29, 1.82) is 0 Å². The number of fused-ring (bicyclic) bond motifs is 3. The van der Waals surface area contributed by atoms with E-state index in [1.165, 1.54) is 17.9 Å². The van der Waals surface area contributed by atoms with E-state index < -0.39 is 69.6 Å². The minimum Gasteiger partial charge on any atom is -0.508 e. The van der Waals surface area contributed by atoms with Crippen LogP contribution in [0.3, 0.4) is 0 Å². The number of rotatable bonds is 4. The molecule has 4 atom stereocenters. The van der Waals surface area contributed by atoms with E-state index in [1.807, 2.05) is 0 Å². The van der Waals surface area contributed by atoms with Crippen molar-refractivity contribution in [3.8, 4) is 5.75 Å². The third-order valence-electron chi connectivity index (χ3n) is 7.56. The molecule has 4 rings (SSSR count). The van der Waals surface area contributed by atoms with E-state index in [1.54, 1.807) is 33.1 Å². The maximum absolute atomic E-state index is 13.8. The number of phenolic OH excluding ortho intramolecular Hbond substituents is 1. The van der Waals surface area contributed by atoms with Gasteiger partial charge in [-0.15, -0.1) is 0 Å². The molecule has 11 heteroatoms. The van der Waals surface area contributed by atoms with Gasteiger partial charge in [-0.3, -0.25) is 24.1 Å². The van der Waals surface area contributed by atoms with Crippen LogP contribution in [0.2, 0.25) is 0 Å². The lowest BCUT2D eigenvalue weighted by Crippen LogP contribution is -2.65. The number of carbonyl (C=O) groups is 4. The van der Waals surface area contributed by atoms with Crippen molar-refractivity contribution in [2.24, 2.45) is 17.6 Å². The smallest absolute Gasteiger partial charge is 0.255 e. The van der Waals surface area contributed by atoms with E-state index in [2.05, 4.69) is 0 Å². The van der Waals surface area contributed by atoms with Gasteiger partial charge in [-0.1, -0.05) is 0 Å². The lowest BCUT2D eigenvalue weighted by Gasteiger charge is -2.50. The highest BCUT2D eigenvalue weighted by atomic mass is 16.3. The molecule has 1 aromatic carbocycles. The van der Waals surface area contributed by atoms with E-state index in [-0.39, 0.29) is 29.5 Å². The van der Waals surface area contributed by atoms with Gasteiger partial charge in [0.1, 0.15) is 22.8 Å². The Labute approximate surface area is 207 Å². The second-order valence-corrected chi connectivity index (χ2v) is 10.1. The van der Waals surface area contributed by atoms with Crippen LogP contribution in [0.25, 0.3) is 5.76 Å². The maximum Gasteiger partial charge on any atom is 0.255 e. The molecule has 192 valence electrons. The van der Waals surface area contributed by atoms with Crippen LogP contribution < -0.4 is 10.6 Å². The number of primary amides is 1. The number of nitrogens with two attached hydrogens (primary N) is 1. The molecule has 1 saturated carbocycles. The second kappa shape index (κ2) is 8.17. The molecule has 0 aliphatic heterocycles. The molecule has 3 aliphatic rings. The minimum absolute atomic E-state index is 0.00610. The van der Waals surface area contributed by atoms with Gasteiger partial charge in [-0.05, 0) is 51.4 Å². The van der Waals surface area contributed by atoms with Crippen molar-refractivity contribution in [3.05, 3.63) is 39.7 Å². The predicted molar refractivity (Wildman–Crippen MR) is 129 cm³/mol. The van der Waals surface area contributed by atoms with E-state index >= 15 is 0 Å². The molecule has 6 N–H and O–H groups in total. The van der Waals surface area contributed by atoms with Crippen LogP contribution in [-0.2, 0) is 20.8 Å². The minimum atomic E-state index is -2.71. The number of ketones is 3. The molecule has 0 radical (unpaired) electrons. The van der Waals surface area contributed by atoms with Crippen LogP contribution >= 0.6 is 0 Å². The molecule has 1 fully saturated rings. The molecule has 0 spiro atoms. The SMILES string of the molecule is CC(=O)c1cc(N(C)C)c2c(c1O)C(O)=C1C(=O)[C@]3(O)C(O)=C(C(N)=O)C(=O)[C@@H](N(C)C)C3CC1C2. The summed E-state index contributed by atoms with van der Waals surface area (Å²) in [5.41, 5.74) is 2.36. The van der Waals surface area contributed by atoms with Gasteiger partial charge in [0.25, 0.3) is 5.91 Å². The standard InChI is InChI=1S/C25H29N3O8/c1-9(29)11-8-14(27(2)3)12-6-10-7-13-18(28(4)5)21(32)17(24(26)35)23(34)25(13,36)22(33)15(10)20(31)16(12)19(11)30/h8,10,13,18,30-31,34,36H,6-7H2,1-5H3,(H2,26,35)/t10?,13?,18-,25-/m0/s1. The van der Waals surface area contributed by atoms with Crippen LogP contribution in [0, 0.1) is 11.8 Å². The molecular formula is C25H29N3O8. The third kappa shape index (κ3) is 3.19. The van der Waals surface area contributed by atoms with Crippen molar-refractivity contribution < 1.29 is 39.6 Å². The van der Waals surface area contributed by atoms with Crippen molar-refractivity contribution in [2.75, 3.05) is 33.1 Å². The van der Waals surface area contributed by atoms with Crippen molar-refractivity contribution in [1.82, 2.24) is 4.90 Å². The average molecular weight is 500 g/mol. The summed E-state index contributed by atoms with van der Waals surface area (Å²) in [4.78, 5) is 54.3. The Morgan fingerprint density at radius 3 is 2.22 bits per heavy atom. The highest BCUT2D eigenvalue weighted by Crippen LogP contribution is 2.54. The zero-order chi connectivity index (χ0) is 27.0. The molecule has 2 unspecified atom stereocenters. The number of phenols is 1. The molecular weight excluding hydrogens is 470 g/mol. The highest BCUT2D eigenvalue weighted by Gasteiger charge is 2.64. The van der Waals surface area contributed by atoms with Crippen molar-refractivity contribution in [3.63, 3.8) is 0 Å². The van der Waals surface area contributed by atoms with Crippen LogP contribution in [-0.4, -0.2) is 88.4 Å². The summed E-state index contributed by atoms with van der Waals surface area (Å²) in [6.07, 6.45) is 0.141. The number of carbonyl (C=O) groups excluding carboxylic acids is 4. The van der Waals surface area contributed by atoms with Gasteiger partial charge in [0.2, 0.25) is 5.78 Å². The molecule has 11 nitrogen and oxygen atoms in total. The summed E-state index contributed by atoms with van der Waals surface area (Å²) in [6, 6.07) is 0.361. The summed E-state index contributed by atoms with van der Waals surface area (Å²) < 4.78 is 0. The molecule has 0 saturated heterocycles. The number of amides is 1. The highest BCUT2D eigenvalue weighted by molar-refractivity contribution is 6.24. The predicted octanol–water partition coefficient (Wildman–Crippen LogP) is 0.233. The summed E-state index contributed by atoms with van der Waals surface area (Å²) in [7, 11) is 6.54. The van der Waals surface area contributed by atoms with E-state index in [4.69, 9.17) is 5.73 Å². The van der Waals surface area contributed by atoms with Crippen molar-refractivity contribution in [2.45, 2.75) is 31.4 Å². The average Bonchev–Trinajstić information content (AvgIpc) is 2.75. The fraction of sp³-hybridized carbons (Fsp3) is 0.440. The lowest BCUT2D eigenvalue weighted by atomic mass is 9.57. The largest absolute Gasteiger partial charge is 0.508 e. The second-order valence-electron chi connectivity index (χ2n) is 10.1. The third-order valence-corrected chi connectivity index (χ3v) is 7.56. The van der Waals surface area contributed by atoms with Crippen LogP contribution in [0.5, 0.6) is 5.75 Å². The first-order valence-corrected chi connectivity index (χ1v) is 11.4. The van der Waals surface area contributed by atoms with Crippen molar-refractivity contribution >= 4 is 34.7 Å². The van der Waals surface area contributed by atoms with E-state index in [9.17, 15) is 39.6 Å². The fourth-order valence-corrected chi connectivity index (χ4v) is 5.96. The molecule has 36 heavy (non-hydrogen) atoms. The number of Topliss-reactive ketones (excluding diaryl/α,β-unsaturated/α-hetero) is 3. The number of anilines is 1. The quantitative estimate of drug-likeness (QED) is 0.284. The summed E-state index contributed by atoms with van der Waals surface area (Å²) in [6.45, 7) is 1.25. The number of likely N-dealkylation sites (N-methyl/N-ethyl adjacent to an activating group) is 1. The lowest BCUT2D eigenvalue weighted by molar-refractivity contribution is -0.153. The van der Waals surface area contributed by atoms with Gasteiger partial charge in [-0.2, -0.15) is 0 Å². The van der Waals surface area contributed by atoms with Crippen LogP contribution in [0.1, 0.15) is 34.8 Å². The number of hydrogen-bond donors (Lipinski definition) is 5. The zero-order valence-corrected chi connectivity index (χ0v) is 20.6. The normalized spacial score (nSPS) is 27.6. The molecule has 0 aromatic heterocycles. The molecule has 1 aromatic rings. The first-order valence-electron chi connectivity index (χ1n) is 11.4. The topological polar surface area (TPSA) is 182 Å². The molecule has 0 heterocycles. The Hall–Kier alpha value is -3.70. The summed E-state index contributed by atoms with van der Waals surface area (Å²) >= 11 is 0. The molecule has 3 aliphatic carbocycles. The fourth-order valence-electron chi connectivity index (χ4n) is 5.96. The maximum atomic E-state index is 13.8. The van der Waals surface area contributed by atoms with Gasteiger partial charge in [0, 0.05) is 31.3 Å². The zero-order valence-electron chi connectivity index (χ0n) is 20.6. The van der Waals surface area contributed by atoms with E-state index in [0.717, 1.165) is 0 Å². The number of aromatic hydroxyl groups is 1. The Bertz CT molecular complexity index is 1310. The first-order chi connectivity index (χ1) is 16.7. The summed E-state index contributed by atoms with van der Waals surface area (Å²) in [5, 5.41) is 44.7. The van der Waals surface area contributed by atoms with Gasteiger partial charge >= 0.3 is 0 Å². The number of aliphatic hydroxyl groups is 3. The van der Waals surface area contributed by atoms with Crippen LogP contribution in [0.15, 0.2) is 23.0 Å². The number of hydrogen-bond acceptors (Lipinski definition) is 10. The monoisotopic (exact) mass is 499 g/mol. The number of nitrogens with zero attached hydrogens (tertiary/aromatic N) is 2.